The number of benzene rings is 1. The van der Waals surface area contributed by atoms with E-state index in [9.17, 15) is 8.42 Å². The van der Waals surface area contributed by atoms with Crippen molar-refractivity contribution >= 4 is 25.8 Å². The van der Waals surface area contributed by atoms with Crippen molar-refractivity contribution in [3.8, 4) is 0 Å². The van der Waals surface area contributed by atoms with Crippen LogP contribution in [-0.4, -0.2) is 26.0 Å². The minimum absolute atomic E-state index is 0.0342. The maximum atomic E-state index is 11.4. The van der Waals surface area contributed by atoms with Crippen molar-refractivity contribution in [2.24, 2.45) is 5.73 Å². The van der Waals surface area contributed by atoms with Gasteiger partial charge in [0.15, 0.2) is 9.84 Å². The van der Waals surface area contributed by atoms with Crippen molar-refractivity contribution in [1.82, 2.24) is 0 Å². The Hall–Kier alpha value is -0.390. The van der Waals surface area contributed by atoms with Crippen molar-refractivity contribution in [3.63, 3.8) is 0 Å². The monoisotopic (exact) mass is 289 g/mol. The Labute approximate surface area is 97.7 Å². The Morgan fingerprint density at radius 3 is 2.20 bits per heavy atom. The standard InChI is InChI=1S/C10H12BrNO2S/c1-15(13,14)10-8(9(10)12)6-2-4-7(11)5-3-6/h2-5,8-10H,12H2,1H3/t8-,9-,10+/m1/s1. The Morgan fingerprint density at radius 1 is 1.27 bits per heavy atom. The largest absolute Gasteiger partial charge is 0.326 e. The lowest BCUT2D eigenvalue weighted by Gasteiger charge is -1.98. The molecule has 1 aliphatic rings. The molecule has 0 amide bonds. The Balaban J connectivity index is 2.26. The summed E-state index contributed by atoms with van der Waals surface area (Å²) in [4.78, 5) is 0. The second kappa shape index (κ2) is 3.57. The molecule has 15 heavy (non-hydrogen) atoms. The van der Waals surface area contributed by atoms with Gasteiger partial charge in [-0.2, -0.15) is 0 Å². The number of halogens is 1. The highest BCUT2D eigenvalue weighted by Crippen LogP contribution is 2.44. The highest BCUT2D eigenvalue weighted by atomic mass is 79.9. The molecule has 1 aromatic carbocycles. The summed E-state index contributed by atoms with van der Waals surface area (Å²) in [7, 11) is -3.02. The lowest BCUT2D eigenvalue weighted by Crippen LogP contribution is -2.13. The highest BCUT2D eigenvalue weighted by molar-refractivity contribution is 9.10. The van der Waals surface area contributed by atoms with Crippen molar-refractivity contribution in [3.05, 3.63) is 34.3 Å². The molecule has 1 fully saturated rings. The summed E-state index contributed by atoms with van der Waals surface area (Å²) in [5.41, 5.74) is 6.78. The number of rotatable bonds is 2. The van der Waals surface area contributed by atoms with Gasteiger partial charge in [0.2, 0.25) is 0 Å². The van der Waals surface area contributed by atoms with Crippen LogP contribution in [0.1, 0.15) is 11.5 Å². The van der Waals surface area contributed by atoms with Gasteiger partial charge in [0, 0.05) is 22.7 Å². The second-order valence-electron chi connectivity index (χ2n) is 3.95. The average molecular weight is 290 g/mol. The first-order valence-electron chi connectivity index (χ1n) is 4.61. The summed E-state index contributed by atoms with van der Waals surface area (Å²) in [6.45, 7) is 0. The van der Waals surface area contributed by atoms with E-state index in [4.69, 9.17) is 5.73 Å². The molecule has 0 heterocycles. The Kier molecular flexibility index (Phi) is 2.65. The third kappa shape index (κ3) is 2.09. The van der Waals surface area contributed by atoms with Crippen LogP contribution in [0.5, 0.6) is 0 Å². The van der Waals surface area contributed by atoms with Crippen LogP contribution in [0.3, 0.4) is 0 Å². The second-order valence-corrected chi connectivity index (χ2v) is 7.07. The molecule has 0 bridgehead atoms. The summed E-state index contributed by atoms with van der Waals surface area (Å²) in [6, 6.07) is 7.39. The number of hydrogen-bond acceptors (Lipinski definition) is 3. The molecule has 82 valence electrons. The fourth-order valence-electron chi connectivity index (χ4n) is 1.95. The maximum absolute atomic E-state index is 11.4. The van der Waals surface area contributed by atoms with Gasteiger partial charge >= 0.3 is 0 Å². The van der Waals surface area contributed by atoms with Gasteiger partial charge in [0.05, 0.1) is 5.25 Å². The fourth-order valence-corrected chi connectivity index (χ4v) is 3.74. The van der Waals surface area contributed by atoms with Crippen LogP contribution in [0, 0.1) is 0 Å². The summed E-state index contributed by atoms with van der Waals surface area (Å²) in [5, 5.41) is -0.404. The molecule has 0 aliphatic heterocycles. The van der Waals surface area contributed by atoms with Crippen LogP contribution < -0.4 is 5.73 Å². The van der Waals surface area contributed by atoms with E-state index >= 15 is 0 Å². The van der Waals surface area contributed by atoms with Gasteiger partial charge in [-0.25, -0.2) is 8.42 Å². The van der Waals surface area contributed by atoms with E-state index in [1.807, 2.05) is 24.3 Å². The summed E-state index contributed by atoms with van der Waals surface area (Å²) in [6.07, 6.45) is 1.25. The van der Waals surface area contributed by atoms with E-state index in [-0.39, 0.29) is 12.0 Å². The third-order valence-corrected chi connectivity index (χ3v) is 4.88. The van der Waals surface area contributed by atoms with Crippen molar-refractivity contribution in [2.45, 2.75) is 17.2 Å². The normalized spacial score (nSPS) is 30.2. The summed E-state index contributed by atoms with van der Waals surface area (Å²) < 4.78 is 23.7. The predicted octanol–water partition coefficient (Wildman–Crippen LogP) is 1.29. The number of hydrogen-bond donors (Lipinski definition) is 1. The topological polar surface area (TPSA) is 60.2 Å². The van der Waals surface area contributed by atoms with Crippen LogP contribution in [0.4, 0.5) is 0 Å². The first kappa shape index (κ1) is 11.1. The molecule has 0 unspecified atom stereocenters. The minimum Gasteiger partial charge on any atom is -0.326 e. The first-order valence-corrected chi connectivity index (χ1v) is 7.36. The van der Waals surface area contributed by atoms with Gasteiger partial charge in [-0.1, -0.05) is 28.1 Å². The third-order valence-electron chi connectivity index (χ3n) is 2.76. The lowest BCUT2D eigenvalue weighted by atomic mass is 10.1. The fraction of sp³-hybridized carbons (Fsp3) is 0.400. The van der Waals surface area contributed by atoms with E-state index < -0.39 is 15.1 Å². The predicted molar refractivity (Wildman–Crippen MR) is 63.5 cm³/mol. The van der Waals surface area contributed by atoms with Gasteiger partial charge in [-0.3, -0.25) is 0 Å². The molecule has 1 aliphatic carbocycles. The maximum Gasteiger partial charge on any atom is 0.152 e. The lowest BCUT2D eigenvalue weighted by molar-refractivity contribution is 0.599. The van der Waals surface area contributed by atoms with Crippen LogP contribution >= 0.6 is 15.9 Å². The zero-order valence-corrected chi connectivity index (χ0v) is 10.6. The van der Waals surface area contributed by atoms with Crippen molar-refractivity contribution < 1.29 is 8.42 Å². The van der Waals surface area contributed by atoms with E-state index in [2.05, 4.69) is 15.9 Å². The van der Waals surface area contributed by atoms with Crippen molar-refractivity contribution in [2.75, 3.05) is 6.26 Å². The number of nitrogens with two attached hydrogens (primary N) is 1. The van der Waals surface area contributed by atoms with Crippen LogP contribution in [0.2, 0.25) is 0 Å². The summed E-state index contributed by atoms with van der Waals surface area (Å²) >= 11 is 3.34. The molecule has 2 N–H and O–H groups in total. The van der Waals surface area contributed by atoms with Crippen LogP contribution in [-0.2, 0) is 9.84 Å². The average Bonchev–Trinajstić information content (AvgIpc) is 2.78. The van der Waals surface area contributed by atoms with Gasteiger partial charge in [0.25, 0.3) is 0 Å². The Morgan fingerprint density at radius 2 is 1.80 bits per heavy atom. The highest BCUT2D eigenvalue weighted by Gasteiger charge is 2.54. The summed E-state index contributed by atoms with van der Waals surface area (Å²) in [5.74, 6) is -0.0342. The van der Waals surface area contributed by atoms with Gasteiger partial charge < -0.3 is 5.73 Å². The van der Waals surface area contributed by atoms with Crippen LogP contribution in [0.25, 0.3) is 0 Å². The molecule has 0 radical (unpaired) electrons. The molecule has 0 aromatic heterocycles. The number of sulfone groups is 1. The van der Waals surface area contributed by atoms with Gasteiger partial charge in [-0.15, -0.1) is 0 Å². The molecule has 3 nitrogen and oxygen atoms in total. The van der Waals surface area contributed by atoms with E-state index in [0.717, 1.165) is 10.0 Å². The zero-order valence-electron chi connectivity index (χ0n) is 8.22. The van der Waals surface area contributed by atoms with E-state index in [1.165, 1.54) is 6.26 Å². The smallest absolute Gasteiger partial charge is 0.152 e. The molecule has 1 saturated carbocycles. The SMILES string of the molecule is CS(=O)(=O)[C@@H]1[C@H](N)[C@H]1c1ccc(Br)cc1. The molecule has 0 spiro atoms. The van der Waals surface area contributed by atoms with Gasteiger partial charge in [-0.05, 0) is 17.7 Å². The molecule has 5 heteroatoms. The van der Waals surface area contributed by atoms with Crippen LogP contribution in [0.15, 0.2) is 28.7 Å². The zero-order chi connectivity index (χ0) is 11.2. The molecular weight excluding hydrogens is 278 g/mol. The molecule has 3 atom stereocenters. The Bertz CT molecular complexity index is 469. The molecule has 1 aromatic rings. The first-order chi connectivity index (χ1) is 6.91. The molecule has 0 saturated heterocycles. The minimum atomic E-state index is -3.02. The van der Waals surface area contributed by atoms with E-state index in [0.29, 0.717) is 0 Å². The molecular formula is C10H12BrNO2S. The van der Waals surface area contributed by atoms with Crippen molar-refractivity contribution in [1.29, 1.82) is 0 Å². The quantitative estimate of drug-likeness (QED) is 0.892. The van der Waals surface area contributed by atoms with E-state index in [1.54, 1.807) is 0 Å². The molecule has 2 rings (SSSR count). The van der Waals surface area contributed by atoms with Gasteiger partial charge in [0.1, 0.15) is 0 Å².